The highest BCUT2D eigenvalue weighted by Crippen LogP contribution is 2.26. The molecule has 0 bridgehead atoms. The zero-order valence-corrected chi connectivity index (χ0v) is 14.7. The van der Waals surface area contributed by atoms with Gasteiger partial charge < -0.3 is 9.64 Å². The average molecular weight is 364 g/mol. The highest BCUT2D eigenvalue weighted by molar-refractivity contribution is 8.00. The lowest BCUT2D eigenvalue weighted by molar-refractivity contribution is -0.130. The molecule has 1 amide bonds. The van der Waals surface area contributed by atoms with Gasteiger partial charge in [0.05, 0.1) is 12.3 Å². The maximum atomic E-state index is 12.4. The molecular weight excluding hydrogens is 346 g/mol. The van der Waals surface area contributed by atoms with Crippen LogP contribution in [0.3, 0.4) is 0 Å². The third-order valence-electron chi connectivity index (χ3n) is 3.77. The van der Waals surface area contributed by atoms with Crippen LogP contribution < -0.4 is 4.74 Å². The molecule has 0 saturated carbocycles. The van der Waals surface area contributed by atoms with E-state index in [1.165, 1.54) is 11.8 Å². The third-order valence-corrected chi connectivity index (χ3v) is 5.05. The summed E-state index contributed by atoms with van der Waals surface area (Å²) in [6.07, 6.45) is 8.49. The molecule has 5 nitrogen and oxygen atoms in total. The van der Waals surface area contributed by atoms with Crippen molar-refractivity contribution < 1.29 is 9.53 Å². The molecule has 0 spiro atoms. The molecule has 3 heterocycles. The molecule has 24 heavy (non-hydrogen) atoms. The summed E-state index contributed by atoms with van der Waals surface area (Å²) < 4.78 is 5.95. The minimum Gasteiger partial charge on any atom is -0.487 e. The van der Waals surface area contributed by atoms with E-state index in [1.54, 1.807) is 30.9 Å². The van der Waals surface area contributed by atoms with E-state index in [0.29, 0.717) is 23.1 Å². The van der Waals surface area contributed by atoms with Crippen molar-refractivity contribution in [2.45, 2.75) is 23.8 Å². The molecule has 1 unspecified atom stereocenters. The van der Waals surface area contributed by atoms with E-state index in [2.05, 4.69) is 9.97 Å². The van der Waals surface area contributed by atoms with Crippen LogP contribution in [-0.2, 0) is 4.79 Å². The Morgan fingerprint density at radius 1 is 1.29 bits per heavy atom. The van der Waals surface area contributed by atoms with Crippen molar-refractivity contribution in [2.75, 3.05) is 18.8 Å². The molecule has 7 heteroatoms. The summed E-state index contributed by atoms with van der Waals surface area (Å²) in [4.78, 5) is 23.3. The van der Waals surface area contributed by atoms with Crippen molar-refractivity contribution in [3.8, 4) is 5.75 Å². The van der Waals surface area contributed by atoms with Crippen LogP contribution in [0, 0.1) is 0 Å². The highest BCUT2D eigenvalue weighted by Gasteiger charge is 2.25. The van der Waals surface area contributed by atoms with Crippen LogP contribution >= 0.6 is 23.4 Å². The van der Waals surface area contributed by atoms with Crippen LogP contribution in [0.2, 0.25) is 5.02 Å². The lowest BCUT2D eigenvalue weighted by atomic mass is 10.1. The van der Waals surface area contributed by atoms with Crippen molar-refractivity contribution >= 4 is 29.3 Å². The van der Waals surface area contributed by atoms with Crippen molar-refractivity contribution in [3.63, 3.8) is 0 Å². The van der Waals surface area contributed by atoms with E-state index >= 15 is 0 Å². The fourth-order valence-corrected chi connectivity index (χ4v) is 3.52. The van der Waals surface area contributed by atoms with E-state index in [1.807, 2.05) is 17.0 Å². The smallest absolute Gasteiger partial charge is 0.233 e. The van der Waals surface area contributed by atoms with Gasteiger partial charge in [0, 0.05) is 42.3 Å². The predicted octanol–water partition coefficient (Wildman–Crippen LogP) is 3.29. The Bertz CT molecular complexity index is 687. The van der Waals surface area contributed by atoms with Crippen molar-refractivity contribution in [2.24, 2.45) is 0 Å². The first-order valence-corrected chi connectivity index (χ1v) is 9.15. The monoisotopic (exact) mass is 363 g/mol. The molecule has 0 radical (unpaired) electrons. The lowest BCUT2D eigenvalue weighted by Crippen LogP contribution is -2.45. The summed E-state index contributed by atoms with van der Waals surface area (Å²) in [5.41, 5.74) is 0. The lowest BCUT2D eigenvalue weighted by Gasteiger charge is -2.33. The Balaban J connectivity index is 1.53. The molecule has 3 rings (SSSR count). The van der Waals surface area contributed by atoms with E-state index < -0.39 is 0 Å². The van der Waals surface area contributed by atoms with Crippen molar-refractivity contribution in [1.29, 1.82) is 0 Å². The fraction of sp³-hybridized carbons (Fsp3) is 0.353. The summed E-state index contributed by atoms with van der Waals surface area (Å²) in [6.45, 7) is 1.37. The van der Waals surface area contributed by atoms with Crippen LogP contribution in [-0.4, -0.2) is 45.7 Å². The minimum absolute atomic E-state index is 0.0338. The van der Waals surface area contributed by atoms with Crippen LogP contribution in [0.4, 0.5) is 0 Å². The Kier molecular flexibility index (Phi) is 5.93. The van der Waals surface area contributed by atoms with Gasteiger partial charge in [-0.2, -0.15) is 0 Å². The van der Waals surface area contributed by atoms with Gasteiger partial charge in [-0.15, -0.1) is 11.8 Å². The van der Waals surface area contributed by atoms with Crippen LogP contribution in [0.1, 0.15) is 12.8 Å². The maximum Gasteiger partial charge on any atom is 0.233 e. The summed E-state index contributed by atoms with van der Waals surface area (Å²) >= 11 is 7.61. The SMILES string of the molecule is O=C(CSc1ccncc1)N1CCCC(Oc2ccncc2Cl)C1. The van der Waals surface area contributed by atoms with Crippen molar-refractivity contribution in [3.05, 3.63) is 48.0 Å². The Morgan fingerprint density at radius 2 is 2.08 bits per heavy atom. The van der Waals surface area contributed by atoms with E-state index in [4.69, 9.17) is 16.3 Å². The first-order chi connectivity index (χ1) is 11.7. The number of carbonyl (C=O) groups is 1. The Hall–Kier alpha value is -1.79. The van der Waals surface area contributed by atoms with Gasteiger partial charge in [-0.3, -0.25) is 14.8 Å². The second kappa shape index (κ2) is 8.35. The minimum atomic E-state index is -0.0338. The molecule has 2 aromatic rings. The summed E-state index contributed by atoms with van der Waals surface area (Å²) in [6, 6.07) is 5.57. The van der Waals surface area contributed by atoms with Gasteiger partial charge in [0.25, 0.3) is 0 Å². The number of ether oxygens (including phenoxy) is 1. The van der Waals surface area contributed by atoms with E-state index in [9.17, 15) is 4.79 Å². The van der Waals surface area contributed by atoms with E-state index in [0.717, 1.165) is 24.3 Å². The molecule has 1 aliphatic heterocycles. The number of nitrogens with zero attached hydrogens (tertiary/aromatic N) is 3. The second-order valence-electron chi connectivity index (χ2n) is 5.50. The van der Waals surface area contributed by atoms with Gasteiger partial charge in [-0.05, 0) is 25.0 Å². The molecule has 1 aliphatic rings. The quantitative estimate of drug-likeness (QED) is 0.763. The Labute approximate surface area is 150 Å². The average Bonchev–Trinajstić information content (AvgIpc) is 2.63. The molecule has 1 fully saturated rings. The number of rotatable bonds is 5. The summed E-state index contributed by atoms with van der Waals surface area (Å²) in [5.74, 6) is 1.18. The van der Waals surface area contributed by atoms with Gasteiger partial charge in [0.1, 0.15) is 16.9 Å². The number of hydrogen-bond donors (Lipinski definition) is 0. The number of halogens is 1. The number of thioether (sulfide) groups is 1. The molecule has 0 aliphatic carbocycles. The third kappa shape index (κ3) is 4.61. The topological polar surface area (TPSA) is 55.3 Å². The first-order valence-electron chi connectivity index (χ1n) is 7.79. The zero-order valence-electron chi connectivity index (χ0n) is 13.1. The van der Waals surface area contributed by atoms with Crippen LogP contribution in [0.5, 0.6) is 5.75 Å². The maximum absolute atomic E-state index is 12.4. The first kappa shape index (κ1) is 17.0. The number of piperidine rings is 1. The number of aromatic nitrogens is 2. The number of carbonyl (C=O) groups excluding carboxylic acids is 1. The molecule has 0 N–H and O–H groups in total. The highest BCUT2D eigenvalue weighted by atomic mass is 35.5. The zero-order chi connectivity index (χ0) is 16.8. The van der Waals surface area contributed by atoms with Crippen LogP contribution in [0.25, 0.3) is 0 Å². The van der Waals surface area contributed by atoms with Gasteiger partial charge in [-0.1, -0.05) is 11.6 Å². The molecule has 1 saturated heterocycles. The molecule has 0 aromatic carbocycles. The fourth-order valence-electron chi connectivity index (χ4n) is 2.57. The largest absolute Gasteiger partial charge is 0.487 e. The number of pyridine rings is 2. The number of hydrogen-bond acceptors (Lipinski definition) is 5. The summed E-state index contributed by atoms with van der Waals surface area (Å²) in [7, 11) is 0. The van der Waals surface area contributed by atoms with Crippen molar-refractivity contribution in [1.82, 2.24) is 14.9 Å². The molecular formula is C17H18ClN3O2S. The molecule has 2 aromatic heterocycles. The van der Waals surface area contributed by atoms with Gasteiger partial charge in [-0.25, -0.2) is 0 Å². The van der Waals surface area contributed by atoms with Gasteiger partial charge in [0.15, 0.2) is 0 Å². The molecule has 126 valence electrons. The number of likely N-dealkylation sites (tertiary alicyclic amines) is 1. The summed E-state index contributed by atoms with van der Waals surface area (Å²) in [5, 5.41) is 0.495. The molecule has 1 atom stereocenters. The van der Waals surface area contributed by atoms with E-state index in [-0.39, 0.29) is 12.0 Å². The normalized spacial score (nSPS) is 17.5. The van der Waals surface area contributed by atoms with Gasteiger partial charge in [0.2, 0.25) is 5.91 Å². The second-order valence-corrected chi connectivity index (χ2v) is 6.96. The predicted molar refractivity (Wildman–Crippen MR) is 94.4 cm³/mol. The number of amides is 1. The Morgan fingerprint density at radius 3 is 2.88 bits per heavy atom. The van der Waals surface area contributed by atoms with Gasteiger partial charge >= 0.3 is 0 Å². The standard InChI is InChI=1S/C17H18ClN3O2S/c18-15-10-20-8-5-16(15)23-13-2-1-9-21(11-13)17(22)12-24-14-3-6-19-7-4-14/h3-8,10,13H,1-2,9,11-12H2. The van der Waals surface area contributed by atoms with Crippen LogP contribution in [0.15, 0.2) is 47.9 Å².